The summed E-state index contributed by atoms with van der Waals surface area (Å²) in [6.07, 6.45) is -3.03. The standard InChI is InChI=1S/C12H8ClF3N2S/c13-7-1-4-11(18-6-7)19-8-2-3-10(17)9(5-8)12(14,15)16/h1-6H,17H2. The zero-order valence-corrected chi connectivity index (χ0v) is 11.0. The van der Waals surface area contributed by atoms with Crippen LogP contribution in [-0.2, 0) is 6.18 Å². The Morgan fingerprint density at radius 1 is 1.16 bits per heavy atom. The first-order valence-electron chi connectivity index (χ1n) is 5.12. The van der Waals surface area contributed by atoms with Gasteiger partial charge in [0.25, 0.3) is 0 Å². The SMILES string of the molecule is Nc1ccc(Sc2ccc(Cl)cn2)cc1C(F)(F)F. The Morgan fingerprint density at radius 3 is 2.47 bits per heavy atom. The molecule has 2 nitrogen and oxygen atoms in total. The minimum Gasteiger partial charge on any atom is -0.398 e. The van der Waals surface area contributed by atoms with Crippen LogP contribution in [0.3, 0.4) is 0 Å². The Balaban J connectivity index is 2.29. The van der Waals surface area contributed by atoms with Gasteiger partial charge in [0.2, 0.25) is 0 Å². The summed E-state index contributed by atoms with van der Waals surface area (Å²) < 4.78 is 38.1. The van der Waals surface area contributed by atoms with Crippen molar-refractivity contribution in [3.8, 4) is 0 Å². The molecule has 0 aliphatic rings. The van der Waals surface area contributed by atoms with Gasteiger partial charge in [-0.05, 0) is 30.3 Å². The molecule has 7 heteroatoms. The molecule has 2 aromatic rings. The van der Waals surface area contributed by atoms with Crippen LogP contribution in [0.1, 0.15) is 5.56 Å². The summed E-state index contributed by atoms with van der Waals surface area (Å²) in [5.41, 5.74) is 4.19. The van der Waals surface area contributed by atoms with Crippen molar-refractivity contribution >= 4 is 29.1 Å². The van der Waals surface area contributed by atoms with Gasteiger partial charge in [0, 0.05) is 16.8 Å². The van der Waals surface area contributed by atoms with Crippen molar-refractivity contribution in [1.82, 2.24) is 4.98 Å². The summed E-state index contributed by atoms with van der Waals surface area (Å²) in [6, 6.07) is 7.03. The minimum atomic E-state index is -4.46. The van der Waals surface area contributed by atoms with E-state index in [0.717, 1.165) is 17.8 Å². The second-order valence-corrected chi connectivity index (χ2v) is 5.19. The summed E-state index contributed by atoms with van der Waals surface area (Å²) in [7, 11) is 0. The first-order valence-corrected chi connectivity index (χ1v) is 6.32. The average molecular weight is 305 g/mol. The molecule has 19 heavy (non-hydrogen) atoms. The third kappa shape index (κ3) is 3.54. The molecule has 100 valence electrons. The molecule has 2 N–H and O–H groups in total. The molecule has 0 amide bonds. The first-order chi connectivity index (χ1) is 8.86. The van der Waals surface area contributed by atoms with Gasteiger partial charge in [0.1, 0.15) is 5.03 Å². The Kier molecular flexibility index (Phi) is 3.91. The van der Waals surface area contributed by atoms with Crippen LogP contribution in [-0.4, -0.2) is 4.98 Å². The van der Waals surface area contributed by atoms with Crippen LogP contribution in [0.25, 0.3) is 0 Å². The molecule has 0 atom stereocenters. The van der Waals surface area contributed by atoms with E-state index in [9.17, 15) is 13.2 Å². The molecule has 1 heterocycles. The van der Waals surface area contributed by atoms with E-state index in [1.165, 1.54) is 18.3 Å². The highest BCUT2D eigenvalue weighted by Crippen LogP contribution is 2.37. The van der Waals surface area contributed by atoms with Gasteiger partial charge < -0.3 is 5.73 Å². The molecule has 1 aromatic heterocycles. The molecule has 0 aliphatic carbocycles. The van der Waals surface area contributed by atoms with Crippen LogP contribution >= 0.6 is 23.4 Å². The largest absolute Gasteiger partial charge is 0.418 e. The monoisotopic (exact) mass is 304 g/mol. The zero-order chi connectivity index (χ0) is 14.0. The number of nitrogens with two attached hydrogens (primary N) is 1. The summed E-state index contributed by atoms with van der Waals surface area (Å²) in [5.74, 6) is 0. The van der Waals surface area contributed by atoms with Crippen molar-refractivity contribution in [1.29, 1.82) is 0 Å². The lowest BCUT2D eigenvalue weighted by atomic mass is 10.2. The van der Waals surface area contributed by atoms with Gasteiger partial charge in [-0.1, -0.05) is 23.4 Å². The molecular formula is C12H8ClF3N2S. The molecule has 0 saturated carbocycles. The summed E-state index contributed by atoms with van der Waals surface area (Å²) in [4.78, 5) is 4.42. The van der Waals surface area contributed by atoms with E-state index in [-0.39, 0.29) is 5.69 Å². The Hall–Kier alpha value is -1.40. The molecule has 0 bridgehead atoms. The molecule has 0 saturated heterocycles. The van der Waals surface area contributed by atoms with Gasteiger partial charge in [-0.2, -0.15) is 13.2 Å². The van der Waals surface area contributed by atoms with Gasteiger partial charge in [-0.25, -0.2) is 4.98 Å². The fraction of sp³-hybridized carbons (Fsp3) is 0.0833. The van der Waals surface area contributed by atoms with Gasteiger partial charge in [0.05, 0.1) is 10.6 Å². The predicted molar refractivity (Wildman–Crippen MR) is 69.2 cm³/mol. The molecule has 0 radical (unpaired) electrons. The van der Waals surface area contributed by atoms with Gasteiger partial charge >= 0.3 is 6.18 Å². The lowest BCUT2D eigenvalue weighted by Crippen LogP contribution is -2.08. The van der Waals surface area contributed by atoms with Crippen molar-refractivity contribution in [3.63, 3.8) is 0 Å². The number of nitrogen functional groups attached to an aromatic ring is 1. The fourth-order valence-corrected chi connectivity index (χ4v) is 2.30. The Labute approximate surface area is 116 Å². The summed E-state index contributed by atoms with van der Waals surface area (Å²) in [6.45, 7) is 0. The van der Waals surface area contributed by atoms with Crippen molar-refractivity contribution in [2.45, 2.75) is 16.1 Å². The number of alkyl halides is 3. The van der Waals surface area contributed by atoms with Crippen molar-refractivity contribution < 1.29 is 13.2 Å². The second kappa shape index (κ2) is 5.30. The van der Waals surface area contributed by atoms with Gasteiger partial charge in [-0.3, -0.25) is 0 Å². The maximum atomic E-state index is 12.7. The van der Waals surface area contributed by atoms with Crippen LogP contribution in [0.15, 0.2) is 46.5 Å². The number of hydrogen-bond acceptors (Lipinski definition) is 3. The van der Waals surface area contributed by atoms with E-state index < -0.39 is 11.7 Å². The highest BCUT2D eigenvalue weighted by atomic mass is 35.5. The highest BCUT2D eigenvalue weighted by Gasteiger charge is 2.33. The van der Waals surface area contributed by atoms with Crippen molar-refractivity contribution in [2.24, 2.45) is 0 Å². The quantitative estimate of drug-likeness (QED) is 0.831. The molecular weight excluding hydrogens is 297 g/mol. The number of halogens is 4. The smallest absolute Gasteiger partial charge is 0.398 e. The van der Waals surface area contributed by atoms with Crippen molar-refractivity contribution in [3.05, 3.63) is 47.1 Å². The third-order valence-electron chi connectivity index (χ3n) is 2.25. The number of nitrogens with zero attached hydrogens (tertiary/aromatic N) is 1. The predicted octanol–water partition coefficient (Wildman–Crippen LogP) is 4.49. The van der Waals surface area contributed by atoms with E-state index in [1.807, 2.05) is 0 Å². The average Bonchev–Trinajstić information content (AvgIpc) is 2.33. The topological polar surface area (TPSA) is 38.9 Å². The lowest BCUT2D eigenvalue weighted by molar-refractivity contribution is -0.137. The van der Waals surface area contributed by atoms with Crippen LogP contribution in [0, 0.1) is 0 Å². The number of aromatic nitrogens is 1. The second-order valence-electron chi connectivity index (χ2n) is 3.66. The molecule has 2 rings (SSSR count). The molecule has 0 spiro atoms. The van der Waals surface area contributed by atoms with Crippen LogP contribution < -0.4 is 5.73 Å². The van der Waals surface area contributed by atoms with Crippen LogP contribution in [0.4, 0.5) is 18.9 Å². The van der Waals surface area contributed by atoms with E-state index in [2.05, 4.69) is 4.98 Å². The van der Waals surface area contributed by atoms with Crippen molar-refractivity contribution in [2.75, 3.05) is 5.73 Å². The van der Waals surface area contributed by atoms with Gasteiger partial charge in [0.15, 0.2) is 0 Å². The van der Waals surface area contributed by atoms with E-state index in [4.69, 9.17) is 17.3 Å². The van der Waals surface area contributed by atoms with Crippen LogP contribution in [0.2, 0.25) is 5.02 Å². The van der Waals surface area contributed by atoms with E-state index >= 15 is 0 Å². The molecule has 0 aliphatic heterocycles. The number of pyridine rings is 1. The number of rotatable bonds is 2. The van der Waals surface area contributed by atoms with E-state index in [0.29, 0.717) is 14.9 Å². The maximum Gasteiger partial charge on any atom is 0.418 e. The maximum absolute atomic E-state index is 12.7. The van der Waals surface area contributed by atoms with Crippen LogP contribution in [0.5, 0.6) is 0 Å². The minimum absolute atomic E-state index is 0.291. The Bertz CT molecular complexity index is 585. The summed E-state index contributed by atoms with van der Waals surface area (Å²) >= 11 is 6.79. The lowest BCUT2D eigenvalue weighted by Gasteiger charge is -2.11. The highest BCUT2D eigenvalue weighted by molar-refractivity contribution is 7.99. The fourth-order valence-electron chi connectivity index (χ4n) is 1.39. The number of benzene rings is 1. The third-order valence-corrected chi connectivity index (χ3v) is 3.42. The molecule has 1 aromatic carbocycles. The number of anilines is 1. The normalized spacial score (nSPS) is 11.6. The van der Waals surface area contributed by atoms with Gasteiger partial charge in [-0.15, -0.1) is 0 Å². The Morgan fingerprint density at radius 2 is 1.89 bits per heavy atom. The van der Waals surface area contributed by atoms with E-state index in [1.54, 1.807) is 12.1 Å². The number of hydrogen-bond donors (Lipinski definition) is 1. The molecule has 0 unspecified atom stereocenters. The zero-order valence-electron chi connectivity index (χ0n) is 9.41. The summed E-state index contributed by atoms with van der Waals surface area (Å²) in [5, 5.41) is 1.03. The molecule has 0 fully saturated rings. The first kappa shape index (κ1) is 14.0.